The lowest BCUT2D eigenvalue weighted by Gasteiger charge is -2.22. The highest BCUT2D eigenvalue weighted by Gasteiger charge is 2.29. The van der Waals surface area contributed by atoms with E-state index in [1.165, 1.54) is 12.1 Å². The quantitative estimate of drug-likeness (QED) is 0.864. The summed E-state index contributed by atoms with van der Waals surface area (Å²) in [6.07, 6.45) is 0. The number of benzene rings is 1. The molecule has 1 aromatic carbocycles. The lowest BCUT2D eigenvalue weighted by Crippen LogP contribution is -2.41. The number of halogens is 1. The first-order valence-corrected chi connectivity index (χ1v) is 7.95. The van der Waals surface area contributed by atoms with Crippen molar-refractivity contribution in [2.75, 3.05) is 40.3 Å². The van der Waals surface area contributed by atoms with Gasteiger partial charge in [-0.3, -0.25) is 9.59 Å². The maximum absolute atomic E-state index is 13.3. The predicted octanol–water partition coefficient (Wildman–Crippen LogP) is 1.06. The molecule has 7 heteroatoms. The minimum Gasteiger partial charge on any atom is -0.359 e. The van der Waals surface area contributed by atoms with Gasteiger partial charge >= 0.3 is 0 Å². The minimum absolute atomic E-state index is 0.0692. The molecule has 1 aliphatic heterocycles. The van der Waals surface area contributed by atoms with Gasteiger partial charge in [0, 0.05) is 44.1 Å². The van der Waals surface area contributed by atoms with Crippen LogP contribution in [0.15, 0.2) is 24.3 Å². The molecule has 0 radical (unpaired) electrons. The first kappa shape index (κ1) is 16.4. The Balaban J connectivity index is 1.84. The summed E-state index contributed by atoms with van der Waals surface area (Å²) in [5, 5.41) is 3.32. The molecule has 1 aromatic heterocycles. The Morgan fingerprint density at radius 3 is 2.79 bits per heavy atom. The van der Waals surface area contributed by atoms with Gasteiger partial charge < -0.3 is 20.1 Å². The smallest absolute Gasteiger partial charge is 0.270 e. The number of H-pyrrole nitrogens is 1. The summed E-state index contributed by atoms with van der Waals surface area (Å²) in [5.74, 6) is -0.846. The summed E-state index contributed by atoms with van der Waals surface area (Å²) < 4.78 is 13.3. The van der Waals surface area contributed by atoms with Crippen molar-refractivity contribution in [2.45, 2.75) is 0 Å². The van der Waals surface area contributed by atoms with Crippen LogP contribution in [0.3, 0.4) is 0 Å². The standard InChI is InChI=1S/C17H21FN4O2/c1-19-16(23)12-9-21(2)5-6-22(10-12)17(24)15-8-11-7-13(18)3-4-14(11)20-15/h3-4,7-8,12,20H,5-6,9-10H2,1-2H3,(H,19,23). The molecule has 0 spiro atoms. The molecule has 0 saturated carbocycles. The SMILES string of the molecule is CNC(=O)C1CN(C)CCN(C(=O)c2cc3cc(F)ccc3[nH]2)C1. The molecule has 2 amide bonds. The van der Waals surface area contributed by atoms with Gasteiger partial charge in [-0.2, -0.15) is 0 Å². The van der Waals surface area contributed by atoms with E-state index in [2.05, 4.69) is 10.3 Å². The molecule has 1 saturated heterocycles. The van der Waals surface area contributed by atoms with Crippen molar-refractivity contribution in [2.24, 2.45) is 5.92 Å². The highest BCUT2D eigenvalue weighted by atomic mass is 19.1. The van der Waals surface area contributed by atoms with Crippen LogP contribution in [0.5, 0.6) is 0 Å². The van der Waals surface area contributed by atoms with Crippen LogP contribution in [0.25, 0.3) is 10.9 Å². The highest BCUT2D eigenvalue weighted by molar-refractivity contribution is 5.98. The molecule has 3 rings (SSSR count). The lowest BCUT2D eigenvalue weighted by molar-refractivity contribution is -0.125. The van der Waals surface area contributed by atoms with Gasteiger partial charge in [0.2, 0.25) is 5.91 Å². The molecule has 24 heavy (non-hydrogen) atoms. The second-order valence-electron chi connectivity index (χ2n) is 6.24. The molecule has 2 N–H and O–H groups in total. The molecule has 1 unspecified atom stereocenters. The Hall–Kier alpha value is -2.41. The number of fused-ring (bicyclic) bond motifs is 1. The molecule has 6 nitrogen and oxygen atoms in total. The van der Waals surface area contributed by atoms with E-state index in [9.17, 15) is 14.0 Å². The van der Waals surface area contributed by atoms with E-state index in [1.54, 1.807) is 24.1 Å². The van der Waals surface area contributed by atoms with Gasteiger partial charge in [0.25, 0.3) is 5.91 Å². The second-order valence-corrected chi connectivity index (χ2v) is 6.24. The van der Waals surface area contributed by atoms with Crippen LogP contribution in [-0.2, 0) is 4.79 Å². The van der Waals surface area contributed by atoms with Crippen molar-refractivity contribution in [1.29, 1.82) is 0 Å². The lowest BCUT2D eigenvalue weighted by atomic mass is 10.1. The summed E-state index contributed by atoms with van der Waals surface area (Å²) in [5.41, 5.74) is 1.13. The summed E-state index contributed by atoms with van der Waals surface area (Å²) in [6.45, 7) is 2.23. The van der Waals surface area contributed by atoms with Crippen molar-refractivity contribution in [3.63, 3.8) is 0 Å². The number of aromatic amines is 1. The molecule has 2 heterocycles. The zero-order chi connectivity index (χ0) is 17.3. The monoisotopic (exact) mass is 332 g/mol. The average Bonchev–Trinajstić information content (AvgIpc) is 2.88. The molecular formula is C17H21FN4O2. The van der Waals surface area contributed by atoms with E-state index in [1.807, 2.05) is 11.9 Å². The first-order valence-electron chi connectivity index (χ1n) is 7.95. The normalized spacial score (nSPS) is 19.3. The topological polar surface area (TPSA) is 68.4 Å². The summed E-state index contributed by atoms with van der Waals surface area (Å²) in [7, 11) is 3.54. The van der Waals surface area contributed by atoms with Crippen LogP contribution in [0.4, 0.5) is 4.39 Å². The van der Waals surface area contributed by atoms with Crippen LogP contribution in [0.1, 0.15) is 10.5 Å². The number of carbonyl (C=O) groups is 2. The number of hydrogen-bond acceptors (Lipinski definition) is 3. The Bertz CT molecular complexity index is 773. The number of nitrogens with zero attached hydrogens (tertiary/aromatic N) is 2. The number of carbonyl (C=O) groups excluding carboxylic acids is 2. The van der Waals surface area contributed by atoms with Gasteiger partial charge in [0.1, 0.15) is 11.5 Å². The molecule has 128 valence electrons. The summed E-state index contributed by atoms with van der Waals surface area (Å²) >= 11 is 0. The molecule has 1 aliphatic rings. The average molecular weight is 332 g/mol. The van der Waals surface area contributed by atoms with Gasteiger partial charge in [-0.15, -0.1) is 0 Å². The third-order valence-electron chi connectivity index (χ3n) is 4.44. The number of hydrogen-bond donors (Lipinski definition) is 2. The molecule has 1 atom stereocenters. The van der Waals surface area contributed by atoms with Crippen LogP contribution >= 0.6 is 0 Å². The third kappa shape index (κ3) is 3.26. The van der Waals surface area contributed by atoms with Crippen molar-refractivity contribution in [3.8, 4) is 0 Å². The van der Waals surface area contributed by atoms with Crippen molar-refractivity contribution < 1.29 is 14.0 Å². The number of likely N-dealkylation sites (N-methyl/N-ethyl adjacent to an activating group) is 1. The van der Waals surface area contributed by atoms with E-state index in [-0.39, 0.29) is 23.5 Å². The Kier molecular flexibility index (Phi) is 4.53. The number of aromatic nitrogens is 1. The third-order valence-corrected chi connectivity index (χ3v) is 4.44. The number of rotatable bonds is 2. The van der Waals surface area contributed by atoms with Crippen LogP contribution in [0, 0.1) is 11.7 Å². The van der Waals surface area contributed by atoms with E-state index >= 15 is 0 Å². The molecule has 2 aromatic rings. The predicted molar refractivity (Wildman–Crippen MR) is 89.2 cm³/mol. The zero-order valence-electron chi connectivity index (χ0n) is 13.8. The van der Waals surface area contributed by atoms with E-state index < -0.39 is 0 Å². The van der Waals surface area contributed by atoms with Crippen molar-refractivity contribution in [3.05, 3.63) is 35.8 Å². The van der Waals surface area contributed by atoms with Crippen molar-refractivity contribution >= 4 is 22.7 Å². The van der Waals surface area contributed by atoms with Crippen LogP contribution < -0.4 is 5.32 Å². The maximum Gasteiger partial charge on any atom is 0.270 e. The fourth-order valence-electron chi connectivity index (χ4n) is 3.12. The minimum atomic E-state index is -0.337. The fourth-order valence-corrected chi connectivity index (χ4v) is 3.12. The van der Waals surface area contributed by atoms with Gasteiger partial charge in [0.15, 0.2) is 0 Å². The fraction of sp³-hybridized carbons (Fsp3) is 0.412. The van der Waals surface area contributed by atoms with Crippen LogP contribution in [0.2, 0.25) is 0 Å². The molecular weight excluding hydrogens is 311 g/mol. The van der Waals surface area contributed by atoms with Gasteiger partial charge in [0.05, 0.1) is 5.92 Å². The highest BCUT2D eigenvalue weighted by Crippen LogP contribution is 2.19. The van der Waals surface area contributed by atoms with Crippen LogP contribution in [-0.4, -0.2) is 66.9 Å². The maximum atomic E-state index is 13.3. The summed E-state index contributed by atoms with van der Waals surface area (Å²) in [4.78, 5) is 31.6. The summed E-state index contributed by atoms with van der Waals surface area (Å²) in [6, 6.07) is 6.02. The molecule has 1 fully saturated rings. The van der Waals surface area contributed by atoms with Gasteiger partial charge in [-0.05, 0) is 31.3 Å². The van der Waals surface area contributed by atoms with Crippen molar-refractivity contribution in [1.82, 2.24) is 20.1 Å². The Morgan fingerprint density at radius 2 is 2.04 bits per heavy atom. The van der Waals surface area contributed by atoms with Gasteiger partial charge in [-0.1, -0.05) is 0 Å². The van der Waals surface area contributed by atoms with E-state index in [0.717, 1.165) is 5.52 Å². The Morgan fingerprint density at radius 1 is 1.25 bits per heavy atom. The number of amides is 2. The van der Waals surface area contributed by atoms with E-state index in [4.69, 9.17) is 0 Å². The second kappa shape index (κ2) is 6.60. The zero-order valence-corrected chi connectivity index (χ0v) is 13.8. The molecule has 0 bridgehead atoms. The molecule has 0 aliphatic carbocycles. The largest absolute Gasteiger partial charge is 0.359 e. The Labute approximate surface area is 139 Å². The van der Waals surface area contributed by atoms with E-state index in [0.29, 0.717) is 37.3 Å². The first-order chi connectivity index (χ1) is 11.5. The number of nitrogens with one attached hydrogen (secondary N) is 2. The van der Waals surface area contributed by atoms with Gasteiger partial charge in [-0.25, -0.2) is 4.39 Å².